The Morgan fingerprint density at radius 2 is 1.76 bits per heavy atom. The van der Waals surface area contributed by atoms with Crippen LogP contribution in [0.5, 0.6) is 11.6 Å². The molecule has 2 N–H and O–H groups in total. The molecule has 0 aliphatic heterocycles. The Labute approximate surface area is 118 Å². The highest BCUT2D eigenvalue weighted by molar-refractivity contribution is 5.56. The van der Waals surface area contributed by atoms with Crippen molar-refractivity contribution in [3.05, 3.63) is 56.1 Å². The van der Waals surface area contributed by atoms with Gasteiger partial charge in [-0.15, -0.1) is 0 Å². The first-order chi connectivity index (χ1) is 9.90. The summed E-state index contributed by atoms with van der Waals surface area (Å²) in [4.78, 5) is 24.1. The zero-order valence-electron chi connectivity index (χ0n) is 10.8. The monoisotopic (exact) mass is 290 g/mol. The maximum Gasteiger partial charge on any atom is 0.311 e. The van der Waals surface area contributed by atoms with Crippen LogP contribution in [0.2, 0.25) is 0 Å². The van der Waals surface area contributed by atoms with Crippen molar-refractivity contribution in [2.45, 2.75) is 6.92 Å². The molecular weight excluding hydrogens is 280 g/mol. The number of nitrogen functional groups attached to an aromatic ring is 1. The van der Waals surface area contributed by atoms with Gasteiger partial charge in [0.15, 0.2) is 0 Å². The summed E-state index contributed by atoms with van der Waals surface area (Å²) in [5.41, 5.74) is 5.39. The lowest BCUT2D eigenvalue weighted by molar-refractivity contribution is -0.385. The summed E-state index contributed by atoms with van der Waals surface area (Å²) in [6, 6.07) is 6.80. The number of rotatable bonds is 4. The minimum atomic E-state index is -0.678. The van der Waals surface area contributed by atoms with Crippen molar-refractivity contribution in [1.29, 1.82) is 0 Å². The molecule has 2 aromatic rings. The molecule has 0 saturated carbocycles. The second-order valence-electron chi connectivity index (χ2n) is 4.09. The number of nitrogens with two attached hydrogens (primary N) is 1. The fourth-order valence-electron chi connectivity index (χ4n) is 1.68. The summed E-state index contributed by atoms with van der Waals surface area (Å²) in [5, 5.41) is 21.6. The predicted octanol–water partition coefficient (Wildman–Crippen LogP) is 2.58. The van der Waals surface area contributed by atoms with Gasteiger partial charge in [0, 0.05) is 18.2 Å². The smallest absolute Gasteiger partial charge is 0.311 e. The van der Waals surface area contributed by atoms with E-state index in [0.29, 0.717) is 5.56 Å². The molecule has 21 heavy (non-hydrogen) atoms. The summed E-state index contributed by atoms with van der Waals surface area (Å²) in [7, 11) is 0. The quantitative estimate of drug-likeness (QED) is 0.675. The van der Waals surface area contributed by atoms with E-state index in [1.807, 2.05) is 0 Å². The van der Waals surface area contributed by atoms with Gasteiger partial charge in [-0.1, -0.05) is 12.1 Å². The van der Waals surface area contributed by atoms with E-state index < -0.39 is 9.85 Å². The molecule has 0 saturated heterocycles. The first kappa shape index (κ1) is 14.2. The van der Waals surface area contributed by atoms with Crippen molar-refractivity contribution >= 4 is 17.2 Å². The van der Waals surface area contributed by atoms with E-state index in [-0.39, 0.29) is 28.8 Å². The van der Waals surface area contributed by atoms with Crippen molar-refractivity contribution < 1.29 is 14.6 Å². The Kier molecular flexibility index (Phi) is 3.65. The third-order valence-electron chi connectivity index (χ3n) is 2.67. The molecule has 2 rings (SSSR count). The molecule has 0 amide bonds. The Hall–Kier alpha value is -3.23. The largest absolute Gasteiger partial charge is 0.431 e. The van der Waals surface area contributed by atoms with Crippen LogP contribution >= 0.6 is 0 Å². The standard InChI is InChI=1S/C12H10N4O5/c1-7-3-2-4-8(15(17)18)11(7)21-10-6-5-9(16(19)20)12(13)14-10/h2-6H,1H3,(H2,13,14). The highest BCUT2D eigenvalue weighted by Crippen LogP contribution is 2.34. The first-order valence-corrected chi connectivity index (χ1v) is 5.73. The topological polar surface area (TPSA) is 134 Å². The zero-order chi connectivity index (χ0) is 15.6. The van der Waals surface area contributed by atoms with Crippen LogP contribution in [0.25, 0.3) is 0 Å². The fraction of sp³-hybridized carbons (Fsp3) is 0.0833. The van der Waals surface area contributed by atoms with Crippen molar-refractivity contribution in [1.82, 2.24) is 4.98 Å². The normalized spacial score (nSPS) is 10.1. The average molecular weight is 290 g/mol. The Bertz CT molecular complexity index is 732. The summed E-state index contributed by atoms with van der Waals surface area (Å²) in [5.74, 6) is -0.368. The van der Waals surface area contributed by atoms with Gasteiger partial charge in [0.05, 0.1) is 9.85 Å². The maximum absolute atomic E-state index is 11.0. The van der Waals surface area contributed by atoms with Gasteiger partial charge >= 0.3 is 11.4 Å². The molecule has 1 aromatic heterocycles. The van der Waals surface area contributed by atoms with Gasteiger partial charge in [-0.2, -0.15) is 4.98 Å². The fourth-order valence-corrected chi connectivity index (χ4v) is 1.68. The number of ether oxygens (including phenoxy) is 1. The number of hydrogen-bond acceptors (Lipinski definition) is 7. The number of anilines is 1. The highest BCUT2D eigenvalue weighted by atomic mass is 16.6. The maximum atomic E-state index is 11.0. The van der Waals surface area contributed by atoms with Gasteiger partial charge in [0.25, 0.3) is 0 Å². The molecule has 0 fully saturated rings. The Balaban J connectivity index is 2.41. The number of pyridine rings is 1. The summed E-state index contributed by atoms with van der Waals surface area (Å²) < 4.78 is 5.36. The van der Waals surface area contributed by atoms with Crippen molar-refractivity contribution in [3.8, 4) is 11.6 Å². The van der Waals surface area contributed by atoms with Crippen LogP contribution in [0.1, 0.15) is 5.56 Å². The number of nitrogens with zero attached hydrogens (tertiary/aromatic N) is 3. The van der Waals surface area contributed by atoms with E-state index >= 15 is 0 Å². The van der Waals surface area contributed by atoms with E-state index in [1.54, 1.807) is 13.0 Å². The van der Waals surface area contributed by atoms with Crippen LogP contribution in [-0.2, 0) is 0 Å². The lowest BCUT2D eigenvalue weighted by Crippen LogP contribution is -2.01. The molecule has 9 nitrogen and oxygen atoms in total. The number of aryl methyl sites for hydroxylation is 1. The number of para-hydroxylation sites is 1. The van der Waals surface area contributed by atoms with Crippen LogP contribution in [0.4, 0.5) is 17.2 Å². The van der Waals surface area contributed by atoms with E-state index in [1.165, 1.54) is 18.2 Å². The molecule has 0 radical (unpaired) electrons. The van der Waals surface area contributed by atoms with Gasteiger partial charge in [0.1, 0.15) is 0 Å². The predicted molar refractivity (Wildman–Crippen MR) is 73.2 cm³/mol. The molecule has 0 bridgehead atoms. The van der Waals surface area contributed by atoms with E-state index in [4.69, 9.17) is 10.5 Å². The van der Waals surface area contributed by atoms with Gasteiger partial charge in [-0.05, 0) is 12.5 Å². The van der Waals surface area contributed by atoms with Crippen LogP contribution in [0, 0.1) is 27.2 Å². The van der Waals surface area contributed by atoms with Crippen LogP contribution < -0.4 is 10.5 Å². The van der Waals surface area contributed by atoms with Crippen molar-refractivity contribution in [3.63, 3.8) is 0 Å². The van der Waals surface area contributed by atoms with Gasteiger partial charge < -0.3 is 10.5 Å². The lowest BCUT2D eigenvalue weighted by atomic mass is 10.2. The average Bonchev–Trinajstić information content (AvgIpc) is 2.40. The molecule has 1 heterocycles. The number of hydrogen-bond donors (Lipinski definition) is 1. The van der Waals surface area contributed by atoms with Crippen LogP contribution in [0.15, 0.2) is 30.3 Å². The number of aromatic nitrogens is 1. The molecule has 1 aromatic carbocycles. The van der Waals surface area contributed by atoms with Gasteiger partial charge in [-0.25, -0.2) is 0 Å². The van der Waals surface area contributed by atoms with E-state index in [9.17, 15) is 20.2 Å². The number of nitro groups is 2. The molecule has 0 atom stereocenters. The van der Waals surface area contributed by atoms with Crippen molar-refractivity contribution in [2.24, 2.45) is 0 Å². The summed E-state index contributed by atoms with van der Waals surface area (Å²) in [6.07, 6.45) is 0. The number of benzene rings is 1. The van der Waals surface area contributed by atoms with Crippen molar-refractivity contribution in [2.75, 3.05) is 5.73 Å². The highest BCUT2D eigenvalue weighted by Gasteiger charge is 2.20. The molecule has 0 spiro atoms. The molecule has 0 aliphatic rings. The first-order valence-electron chi connectivity index (χ1n) is 5.73. The SMILES string of the molecule is Cc1cccc([N+](=O)[O-])c1Oc1ccc([N+](=O)[O-])c(N)n1. The molecular formula is C12H10N4O5. The second kappa shape index (κ2) is 5.41. The Morgan fingerprint density at radius 1 is 1.10 bits per heavy atom. The summed E-state index contributed by atoms with van der Waals surface area (Å²) >= 11 is 0. The van der Waals surface area contributed by atoms with Gasteiger partial charge in [0.2, 0.25) is 17.4 Å². The van der Waals surface area contributed by atoms with Crippen LogP contribution in [0.3, 0.4) is 0 Å². The summed E-state index contributed by atoms with van der Waals surface area (Å²) in [6.45, 7) is 1.64. The molecule has 0 unspecified atom stereocenters. The lowest BCUT2D eigenvalue weighted by Gasteiger charge is -2.08. The molecule has 108 valence electrons. The minimum absolute atomic E-state index is 0.0169. The van der Waals surface area contributed by atoms with E-state index in [0.717, 1.165) is 6.07 Å². The Morgan fingerprint density at radius 3 is 2.33 bits per heavy atom. The molecule has 9 heteroatoms. The van der Waals surface area contributed by atoms with E-state index in [2.05, 4.69) is 4.98 Å². The third-order valence-corrected chi connectivity index (χ3v) is 2.67. The third kappa shape index (κ3) is 2.86. The second-order valence-corrected chi connectivity index (χ2v) is 4.09. The number of nitro benzene ring substituents is 1. The molecule has 0 aliphatic carbocycles. The minimum Gasteiger partial charge on any atom is -0.431 e. The van der Waals surface area contributed by atoms with Gasteiger partial charge in [-0.3, -0.25) is 20.2 Å². The zero-order valence-corrected chi connectivity index (χ0v) is 10.8. The van der Waals surface area contributed by atoms with Crippen LogP contribution in [-0.4, -0.2) is 14.8 Å².